The van der Waals surface area contributed by atoms with Crippen molar-refractivity contribution in [3.63, 3.8) is 0 Å². The number of hydrogen-bond acceptors (Lipinski definition) is 5. The summed E-state index contributed by atoms with van der Waals surface area (Å²) in [6, 6.07) is 4.04. The van der Waals surface area contributed by atoms with Crippen LogP contribution in [0.1, 0.15) is 25.6 Å². The van der Waals surface area contributed by atoms with Gasteiger partial charge in [0, 0.05) is 6.54 Å². The Labute approximate surface area is 124 Å². The average Bonchev–Trinajstić information content (AvgIpc) is 2.99. The fraction of sp³-hybridized carbons (Fsp3) is 0.429. The van der Waals surface area contributed by atoms with E-state index in [1.54, 1.807) is 12.5 Å². The van der Waals surface area contributed by atoms with Gasteiger partial charge < -0.3 is 9.73 Å². The maximum Gasteiger partial charge on any atom is 0.148 e. The first-order chi connectivity index (χ1) is 9.76. The van der Waals surface area contributed by atoms with E-state index in [4.69, 9.17) is 16.0 Å². The van der Waals surface area contributed by atoms with Gasteiger partial charge in [0.2, 0.25) is 0 Å². The third kappa shape index (κ3) is 3.49. The summed E-state index contributed by atoms with van der Waals surface area (Å²) in [6.45, 7) is 6.84. The second kappa shape index (κ2) is 7.26. The van der Waals surface area contributed by atoms with Crippen molar-refractivity contribution in [2.75, 3.05) is 25.0 Å². The van der Waals surface area contributed by atoms with Crippen molar-refractivity contribution in [3.05, 3.63) is 41.7 Å². The Morgan fingerprint density at radius 3 is 2.80 bits per heavy atom. The average molecular weight is 295 g/mol. The van der Waals surface area contributed by atoms with Crippen LogP contribution in [-0.2, 0) is 0 Å². The summed E-state index contributed by atoms with van der Waals surface area (Å²) in [5.74, 6) is 1.58. The van der Waals surface area contributed by atoms with E-state index in [-0.39, 0.29) is 6.04 Å². The molecule has 0 radical (unpaired) electrons. The Bertz CT molecular complexity index is 514. The van der Waals surface area contributed by atoms with Gasteiger partial charge >= 0.3 is 0 Å². The van der Waals surface area contributed by atoms with E-state index >= 15 is 0 Å². The quantitative estimate of drug-likeness (QED) is 0.850. The van der Waals surface area contributed by atoms with Gasteiger partial charge in [-0.05, 0) is 25.2 Å². The highest BCUT2D eigenvalue weighted by molar-refractivity contribution is 6.32. The minimum Gasteiger partial charge on any atom is -0.468 e. The lowest BCUT2D eigenvalue weighted by atomic mass is 10.2. The van der Waals surface area contributed by atoms with Gasteiger partial charge in [0.15, 0.2) is 0 Å². The number of nitrogens with zero attached hydrogens (tertiary/aromatic N) is 3. The van der Waals surface area contributed by atoms with Gasteiger partial charge in [0.1, 0.15) is 22.9 Å². The Kier molecular flexibility index (Phi) is 5.38. The van der Waals surface area contributed by atoms with E-state index in [1.807, 2.05) is 12.1 Å². The number of anilines is 1. The summed E-state index contributed by atoms with van der Waals surface area (Å²) in [7, 11) is 0. The lowest BCUT2D eigenvalue weighted by molar-refractivity contribution is 0.202. The van der Waals surface area contributed by atoms with E-state index in [0.29, 0.717) is 17.4 Å². The monoisotopic (exact) mass is 294 g/mol. The number of furan rings is 1. The van der Waals surface area contributed by atoms with Crippen molar-refractivity contribution in [3.8, 4) is 0 Å². The standard InChI is InChI=1S/C14H19ClN4O/c1-3-19(4-2)12(13-6-5-7-20-13)9-17-14-11(15)8-16-10-18-14/h5-8,10,12H,3-4,9H2,1-2H3,(H,16,17,18). The van der Waals surface area contributed by atoms with E-state index < -0.39 is 0 Å². The fourth-order valence-electron chi connectivity index (χ4n) is 2.19. The van der Waals surface area contributed by atoms with Crippen LogP contribution in [0, 0.1) is 0 Å². The highest BCUT2D eigenvalue weighted by atomic mass is 35.5. The number of rotatable bonds is 7. The number of nitrogens with one attached hydrogen (secondary N) is 1. The predicted molar refractivity (Wildman–Crippen MR) is 79.9 cm³/mol. The summed E-state index contributed by atoms with van der Waals surface area (Å²) in [4.78, 5) is 10.3. The summed E-state index contributed by atoms with van der Waals surface area (Å²) in [5.41, 5.74) is 0. The Hall–Kier alpha value is -1.59. The lowest BCUT2D eigenvalue weighted by Gasteiger charge is -2.28. The molecule has 20 heavy (non-hydrogen) atoms. The van der Waals surface area contributed by atoms with Gasteiger partial charge in [0.05, 0.1) is 18.5 Å². The molecule has 5 nitrogen and oxygen atoms in total. The molecule has 0 saturated heterocycles. The van der Waals surface area contributed by atoms with Crippen LogP contribution in [0.2, 0.25) is 5.02 Å². The number of likely N-dealkylation sites (N-methyl/N-ethyl adjacent to an activating group) is 1. The van der Waals surface area contributed by atoms with Gasteiger partial charge in [0.25, 0.3) is 0 Å². The summed E-state index contributed by atoms with van der Waals surface area (Å²) >= 11 is 6.06. The maximum absolute atomic E-state index is 6.06. The molecule has 108 valence electrons. The molecule has 2 aromatic heterocycles. The smallest absolute Gasteiger partial charge is 0.148 e. The minimum atomic E-state index is 0.144. The molecule has 0 aliphatic rings. The van der Waals surface area contributed by atoms with Crippen LogP contribution >= 0.6 is 11.6 Å². The van der Waals surface area contributed by atoms with Gasteiger partial charge in [-0.25, -0.2) is 9.97 Å². The Morgan fingerprint density at radius 1 is 1.40 bits per heavy atom. The zero-order chi connectivity index (χ0) is 14.4. The highest BCUT2D eigenvalue weighted by Crippen LogP contribution is 2.23. The van der Waals surface area contributed by atoms with Gasteiger partial charge in [-0.1, -0.05) is 25.4 Å². The zero-order valence-corrected chi connectivity index (χ0v) is 12.5. The SMILES string of the molecule is CCN(CC)C(CNc1ncncc1Cl)c1ccco1. The molecule has 0 fully saturated rings. The molecule has 2 heterocycles. The van der Waals surface area contributed by atoms with Crippen LogP contribution in [0.4, 0.5) is 5.82 Å². The molecular formula is C14H19ClN4O. The normalized spacial score (nSPS) is 12.6. The van der Waals surface area contributed by atoms with E-state index in [9.17, 15) is 0 Å². The zero-order valence-electron chi connectivity index (χ0n) is 11.7. The third-order valence-corrected chi connectivity index (χ3v) is 3.53. The van der Waals surface area contributed by atoms with E-state index in [2.05, 4.69) is 34.0 Å². The predicted octanol–water partition coefficient (Wildman–Crippen LogP) is 3.22. The van der Waals surface area contributed by atoms with Gasteiger partial charge in [-0.3, -0.25) is 4.90 Å². The molecule has 0 bridgehead atoms. The van der Waals surface area contributed by atoms with Crippen molar-refractivity contribution in [1.29, 1.82) is 0 Å². The molecule has 1 atom stereocenters. The highest BCUT2D eigenvalue weighted by Gasteiger charge is 2.20. The molecule has 1 unspecified atom stereocenters. The Morgan fingerprint density at radius 2 is 2.20 bits per heavy atom. The van der Waals surface area contributed by atoms with Gasteiger partial charge in [-0.2, -0.15) is 0 Å². The first kappa shape index (κ1) is 14.8. The minimum absolute atomic E-state index is 0.144. The third-order valence-electron chi connectivity index (χ3n) is 3.26. The van der Waals surface area contributed by atoms with Crippen LogP contribution in [0.5, 0.6) is 0 Å². The molecule has 0 spiro atoms. The Balaban J connectivity index is 2.11. The van der Waals surface area contributed by atoms with Crippen LogP contribution in [0.3, 0.4) is 0 Å². The van der Waals surface area contributed by atoms with Crippen molar-refractivity contribution in [2.24, 2.45) is 0 Å². The van der Waals surface area contributed by atoms with Crippen molar-refractivity contribution < 1.29 is 4.42 Å². The molecular weight excluding hydrogens is 276 g/mol. The molecule has 2 rings (SSSR count). The van der Waals surface area contributed by atoms with Crippen molar-refractivity contribution in [1.82, 2.24) is 14.9 Å². The molecule has 0 aliphatic heterocycles. The maximum atomic E-state index is 6.06. The largest absolute Gasteiger partial charge is 0.468 e. The van der Waals surface area contributed by atoms with Crippen LogP contribution < -0.4 is 5.32 Å². The van der Waals surface area contributed by atoms with E-state index in [1.165, 1.54) is 6.33 Å². The van der Waals surface area contributed by atoms with Crippen molar-refractivity contribution in [2.45, 2.75) is 19.9 Å². The first-order valence-electron chi connectivity index (χ1n) is 6.73. The molecule has 2 aromatic rings. The first-order valence-corrected chi connectivity index (χ1v) is 7.10. The number of hydrogen-bond donors (Lipinski definition) is 1. The fourth-order valence-corrected chi connectivity index (χ4v) is 2.36. The van der Waals surface area contributed by atoms with Crippen LogP contribution in [0.15, 0.2) is 35.3 Å². The van der Waals surface area contributed by atoms with Gasteiger partial charge in [-0.15, -0.1) is 0 Å². The lowest BCUT2D eigenvalue weighted by Crippen LogP contribution is -2.33. The van der Waals surface area contributed by atoms with Crippen LogP contribution in [0.25, 0.3) is 0 Å². The van der Waals surface area contributed by atoms with Crippen LogP contribution in [-0.4, -0.2) is 34.5 Å². The second-order valence-electron chi connectivity index (χ2n) is 4.35. The summed E-state index contributed by atoms with van der Waals surface area (Å²) in [5, 5.41) is 3.78. The topological polar surface area (TPSA) is 54.2 Å². The summed E-state index contributed by atoms with van der Waals surface area (Å²) < 4.78 is 5.55. The molecule has 0 aromatic carbocycles. The second-order valence-corrected chi connectivity index (χ2v) is 4.76. The molecule has 0 amide bonds. The molecule has 6 heteroatoms. The molecule has 1 N–H and O–H groups in total. The molecule has 0 saturated carbocycles. The van der Waals surface area contributed by atoms with Crippen molar-refractivity contribution >= 4 is 17.4 Å². The number of aromatic nitrogens is 2. The summed E-state index contributed by atoms with van der Waals surface area (Å²) in [6.07, 6.45) is 4.76. The molecule has 0 aliphatic carbocycles. The van der Waals surface area contributed by atoms with E-state index in [0.717, 1.165) is 18.8 Å². The number of halogens is 1.